The number of methoxy groups -OCH3 is 2. The van der Waals surface area contributed by atoms with Gasteiger partial charge in [0.2, 0.25) is 0 Å². The van der Waals surface area contributed by atoms with Crippen LogP contribution in [0.5, 0.6) is 11.5 Å². The minimum atomic E-state index is 0.108. The molecule has 7 heteroatoms. The Morgan fingerprint density at radius 3 is 2.83 bits per heavy atom. The lowest BCUT2D eigenvalue weighted by atomic mass is 10.2. The van der Waals surface area contributed by atoms with Gasteiger partial charge in [-0.15, -0.1) is 0 Å². The third kappa shape index (κ3) is 7.12. The fourth-order valence-corrected chi connectivity index (χ4v) is 2.00. The average Bonchev–Trinajstić information content (AvgIpc) is 2.53. The highest BCUT2D eigenvalue weighted by Crippen LogP contribution is 2.27. The second-order valence-electron chi connectivity index (χ2n) is 4.71. The number of nitrogens with zero attached hydrogens (tertiary/aromatic N) is 1. The molecule has 0 aliphatic carbocycles. The lowest BCUT2D eigenvalue weighted by Crippen LogP contribution is -2.40. The Labute approximate surface area is 142 Å². The van der Waals surface area contributed by atoms with Crippen LogP contribution < -0.4 is 20.2 Å². The van der Waals surface area contributed by atoms with Crippen molar-refractivity contribution in [2.24, 2.45) is 5.10 Å². The molecule has 0 saturated carbocycles. The van der Waals surface area contributed by atoms with E-state index in [1.54, 1.807) is 26.5 Å². The van der Waals surface area contributed by atoms with E-state index in [0.717, 1.165) is 5.56 Å². The van der Waals surface area contributed by atoms with Gasteiger partial charge in [0.25, 0.3) is 0 Å². The lowest BCUT2D eigenvalue weighted by molar-refractivity contribution is 0.179. The van der Waals surface area contributed by atoms with Gasteiger partial charge in [-0.1, -0.05) is 12.7 Å². The Morgan fingerprint density at radius 1 is 1.39 bits per heavy atom. The van der Waals surface area contributed by atoms with Crippen molar-refractivity contribution in [2.75, 3.05) is 27.4 Å². The highest BCUT2D eigenvalue weighted by molar-refractivity contribution is 7.80. The van der Waals surface area contributed by atoms with Crippen molar-refractivity contribution in [3.8, 4) is 11.5 Å². The molecule has 0 spiro atoms. The summed E-state index contributed by atoms with van der Waals surface area (Å²) >= 11 is 5.13. The molecule has 126 valence electrons. The molecule has 0 aliphatic heterocycles. The Bertz CT molecular complexity index is 549. The minimum Gasteiger partial charge on any atom is -0.493 e. The fourth-order valence-electron chi connectivity index (χ4n) is 1.75. The molecule has 1 aromatic rings. The molecule has 0 unspecified atom stereocenters. The van der Waals surface area contributed by atoms with E-state index in [-0.39, 0.29) is 6.04 Å². The van der Waals surface area contributed by atoms with E-state index in [2.05, 4.69) is 22.4 Å². The SMILES string of the molecule is C=CCOc1ccc(/C=N\NC(=S)N[C@@H](C)COC)cc1OC. The standard InChI is InChI=1S/C16H23N3O3S/c1-5-8-22-14-7-6-13(9-15(14)21-4)10-17-19-16(23)18-12(2)11-20-3/h5-7,9-10,12H,1,8,11H2,2-4H3,(H2,18,19,23)/b17-10-/t12-/m0/s1. The molecular formula is C16H23N3O3S. The molecule has 0 aromatic heterocycles. The molecule has 0 radical (unpaired) electrons. The molecular weight excluding hydrogens is 314 g/mol. The summed E-state index contributed by atoms with van der Waals surface area (Å²) in [6.45, 7) is 6.57. The first kappa shape index (κ1) is 18.9. The van der Waals surface area contributed by atoms with Gasteiger partial charge in [0, 0.05) is 13.2 Å². The van der Waals surface area contributed by atoms with E-state index < -0.39 is 0 Å². The molecule has 0 aliphatic rings. The highest BCUT2D eigenvalue weighted by Gasteiger charge is 2.05. The van der Waals surface area contributed by atoms with Gasteiger partial charge in [-0.3, -0.25) is 5.43 Å². The number of hydrogen-bond donors (Lipinski definition) is 2. The second-order valence-corrected chi connectivity index (χ2v) is 5.12. The van der Waals surface area contributed by atoms with Crippen LogP contribution >= 0.6 is 12.2 Å². The first-order chi connectivity index (χ1) is 11.1. The molecule has 1 rings (SSSR count). The van der Waals surface area contributed by atoms with Gasteiger partial charge in [-0.05, 0) is 42.9 Å². The van der Waals surface area contributed by atoms with Crippen molar-refractivity contribution in [3.05, 3.63) is 36.4 Å². The van der Waals surface area contributed by atoms with Crippen LogP contribution in [0.3, 0.4) is 0 Å². The van der Waals surface area contributed by atoms with Crippen molar-refractivity contribution in [1.29, 1.82) is 0 Å². The Morgan fingerprint density at radius 2 is 2.17 bits per heavy atom. The first-order valence-corrected chi connectivity index (χ1v) is 7.51. The van der Waals surface area contributed by atoms with Crippen molar-refractivity contribution >= 4 is 23.5 Å². The summed E-state index contributed by atoms with van der Waals surface area (Å²) in [7, 11) is 3.23. The van der Waals surface area contributed by atoms with Crippen LogP contribution in [0.25, 0.3) is 0 Å². The number of hydrogen-bond acceptors (Lipinski definition) is 5. The van der Waals surface area contributed by atoms with Crippen LogP contribution in [0, 0.1) is 0 Å². The maximum absolute atomic E-state index is 5.50. The summed E-state index contributed by atoms with van der Waals surface area (Å²) in [6.07, 6.45) is 3.33. The molecule has 23 heavy (non-hydrogen) atoms. The number of nitrogens with one attached hydrogen (secondary N) is 2. The van der Waals surface area contributed by atoms with E-state index >= 15 is 0 Å². The van der Waals surface area contributed by atoms with Crippen LogP contribution in [-0.2, 0) is 4.74 Å². The maximum Gasteiger partial charge on any atom is 0.187 e. The molecule has 0 saturated heterocycles. The maximum atomic E-state index is 5.50. The smallest absolute Gasteiger partial charge is 0.187 e. The molecule has 1 aromatic carbocycles. The largest absolute Gasteiger partial charge is 0.493 e. The number of thiocarbonyl (C=S) groups is 1. The Balaban J connectivity index is 2.59. The summed E-state index contributed by atoms with van der Waals surface area (Å²) in [6, 6.07) is 5.63. The first-order valence-electron chi connectivity index (χ1n) is 7.11. The predicted octanol–water partition coefficient (Wildman–Crippen LogP) is 2.09. The summed E-state index contributed by atoms with van der Waals surface area (Å²) < 4.78 is 15.8. The van der Waals surface area contributed by atoms with Crippen molar-refractivity contribution in [2.45, 2.75) is 13.0 Å². The van der Waals surface area contributed by atoms with Gasteiger partial charge in [-0.25, -0.2) is 0 Å². The predicted molar refractivity (Wildman–Crippen MR) is 96.5 cm³/mol. The van der Waals surface area contributed by atoms with Gasteiger partial charge < -0.3 is 19.5 Å². The topological polar surface area (TPSA) is 64.1 Å². The summed E-state index contributed by atoms with van der Waals surface area (Å²) in [5.74, 6) is 1.29. The fraction of sp³-hybridized carbons (Fsp3) is 0.375. The molecule has 1 atom stereocenters. The van der Waals surface area contributed by atoms with Crippen LogP contribution in [-0.4, -0.2) is 44.8 Å². The Kier molecular flexibility index (Phi) is 8.71. The summed E-state index contributed by atoms with van der Waals surface area (Å²) in [5, 5.41) is 7.57. The van der Waals surface area contributed by atoms with Crippen LogP contribution in [0.15, 0.2) is 36.0 Å². The average molecular weight is 337 g/mol. The molecule has 2 N–H and O–H groups in total. The zero-order chi connectivity index (χ0) is 17.1. The van der Waals surface area contributed by atoms with E-state index in [1.807, 2.05) is 25.1 Å². The molecule has 0 fully saturated rings. The normalized spacial score (nSPS) is 11.8. The molecule has 0 heterocycles. The van der Waals surface area contributed by atoms with Crippen molar-refractivity contribution in [3.63, 3.8) is 0 Å². The van der Waals surface area contributed by atoms with Crippen molar-refractivity contribution in [1.82, 2.24) is 10.7 Å². The van der Waals surface area contributed by atoms with Gasteiger partial charge in [0.15, 0.2) is 16.6 Å². The number of hydrazone groups is 1. The zero-order valence-electron chi connectivity index (χ0n) is 13.7. The Hall–Kier alpha value is -2.12. The number of rotatable bonds is 9. The number of ether oxygens (including phenoxy) is 3. The minimum absolute atomic E-state index is 0.108. The van der Waals surface area contributed by atoms with Gasteiger partial charge >= 0.3 is 0 Å². The number of benzene rings is 1. The van der Waals surface area contributed by atoms with Gasteiger partial charge in [0.05, 0.1) is 19.9 Å². The third-order valence-electron chi connectivity index (χ3n) is 2.72. The van der Waals surface area contributed by atoms with Gasteiger partial charge in [-0.2, -0.15) is 5.10 Å². The van der Waals surface area contributed by atoms with E-state index in [0.29, 0.717) is 29.8 Å². The molecule has 6 nitrogen and oxygen atoms in total. The van der Waals surface area contributed by atoms with E-state index in [4.69, 9.17) is 26.4 Å². The molecule has 0 bridgehead atoms. The quantitative estimate of drug-likeness (QED) is 0.311. The lowest BCUT2D eigenvalue weighted by Gasteiger charge is -2.13. The van der Waals surface area contributed by atoms with Crippen LogP contribution in [0.2, 0.25) is 0 Å². The van der Waals surface area contributed by atoms with Crippen LogP contribution in [0.4, 0.5) is 0 Å². The summed E-state index contributed by atoms with van der Waals surface area (Å²) in [5.41, 5.74) is 3.61. The van der Waals surface area contributed by atoms with Crippen molar-refractivity contribution < 1.29 is 14.2 Å². The zero-order valence-corrected chi connectivity index (χ0v) is 14.5. The highest BCUT2D eigenvalue weighted by atomic mass is 32.1. The third-order valence-corrected chi connectivity index (χ3v) is 2.93. The second kappa shape index (κ2) is 10.6. The monoisotopic (exact) mass is 337 g/mol. The van der Waals surface area contributed by atoms with Gasteiger partial charge in [0.1, 0.15) is 6.61 Å². The van der Waals surface area contributed by atoms with E-state index in [9.17, 15) is 0 Å². The van der Waals surface area contributed by atoms with Crippen LogP contribution in [0.1, 0.15) is 12.5 Å². The molecule has 0 amide bonds. The van der Waals surface area contributed by atoms with E-state index in [1.165, 1.54) is 0 Å². The summed E-state index contributed by atoms with van der Waals surface area (Å²) in [4.78, 5) is 0.